The highest BCUT2D eigenvalue weighted by Gasteiger charge is 2.51. The number of anilines is 2. The molecule has 6 rings (SSSR count). The van der Waals surface area contributed by atoms with Gasteiger partial charge in [-0.2, -0.15) is 23.4 Å². The third-order valence-electron chi connectivity index (χ3n) is 8.19. The molecule has 1 amide bonds. The third-order valence-corrected chi connectivity index (χ3v) is 8.55. The number of nitriles is 1. The van der Waals surface area contributed by atoms with E-state index < -0.39 is 52.7 Å². The Labute approximate surface area is 282 Å². The topological polar surface area (TPSA) is 118 Å². The van der Waals surface area contributed by atoms with E-state index in [-0.39, 0.29) is 52.3 Å². The Morgan fingerprint density at radius 1 is 1.08 bits per heavy atom. The largest absolute Gasteiger partial charge is 0.467 e. The summed E-state index contributed by atoms with van der Waals surface area (Å²) in [4.78, 5) is 37.6. The number of aromatic nitrogens is 2. The molecule has 2 aliphatic heterocycles. The molecule has 1 aromatic heterocycles. The fourth-order valence-corrected chi connectivity index (χ4v) is 6.21. The predicted molar refractivity (Wildman–Crippen MR) is 173 cm³/mol. The molecule has 2 saturated heterocycles. The zero-order valence-electron chi connectivity index (χ0n) is 26.2. The molecular formula is C34H27F4N5O5S. The lowest BCUT2D eigenvalue weighted by Gasteiger charge is -2.30. The summed E-state index contributed by atoms with van der Waals surface area (Å²) in [6.07, 6.45) is -6.18. The Morgan fingerprint density at radius 2 is 1.80 bits per heavy atom. The predicted octanol–water partition coefficient (Wildman–Crippen LogP) is 6.14. The van der Waals surface area contributed by atoms with E-state index >= 15 is 4.39 Å². The zero-order valence-corrected chi connectivity index (χ0v) is 27.1. The van der Waals surface area contributed by atoms with Crippen LogP contribution < -0.4 is 14.5 Å². The molecule has 0 bridgehead atoms. The Kier molecular flexibility index (Phi) is 8.72. The first kappa shape index (κ1) is 33.7. The molecule has 252 valence electrons. The molecular weight excluding hydrogens is 666 g/mol. The van der Waals surface area contributed by atoms with Crippen LogP contribution in [0.15, 0.2) is 60.7 Å². The van der Waals surface area contributed by atoms with Crippen molar-refractivity contribution in [2.24, 2.45) is 0 Å². The van der Waals surface area contributed by atoms with E-state index in [4.69, 9.17) is 26.4 Å². The van der Waals surface area contributed by atoms with Gasteiger partial charge >= 0.3 is 12.1 Å². The lowest BCUT2D eigenvalue weighted by molar-refractivity contribution is -0.137. The van der Waals surface area contributed by atoms with Gasteiger partial charge in [-0.1, -0.05) is 25.1 Å². The maximum absolute atomic E-state index is 15.9. The van der Waals surface area contributed by atoms with Crippen molar-refractivity contribution in [3.63, 3.8) is 0 Å². The zero-order chi connectivity index (χ0) is 35.2. The first-order valence-corrected chi connectivity index (χ1v) is 15.5. The summed E-state index contributed by atoms with van der Waals surface area (Å²) in [5.41, 5.74) is -3.23. The molecule has 10 nitrogen and oxygen atoms in total. The first-order valence-electron chi connectivity index (χ1n) is 15.0. The molecule has 4 aromatic rings. The van der Waals surface area contributed by atoms with Crippen LogP contribution in [0.4, 0.5) is 28.9 Å². The Hall–Kier alpha value is -5.20. The number of aryl methyl sites for hydroxylation is 1. The number of carbonyl (C=O) groups is 2. The van der Waals surface area contributed by atoms with E-state index in [9.17, 15) is 28.0 Å². The van der Waals surface area contributed by atoms with Crippen molar-refractivity contribution < 1.29 is 41.4 Å². The van der Waals surface area contributed by atoms with E-state index in [2.05, 4.69) is 9.97 Å². The number of esters is 1. The van der Waals surface area contributed by atoms with Gasteiger partial charge in [0.15, 0.2) is 23.1 Å². The SMILES string of the molecule is CCc1nc(OC2COCC2OC(=O)c2ccccc2)c2cc(N3C(=S)N(c4ccc(C#N)c(C(F)(F)F)c4)C(=O)C3(C)C)cc(F)c2n1. The van der Waals surface area contributed by atoms with E-state index in [0.29, 0.717) is 18.1 Å². The highest BCUT2D eigenvalue weighted by Crippen LogP contribution is 2.41. The van der Waals surface area contributed by atoms with E-state index in [1.165, 1.54) is 36.9 Å². The number of rotatable bonds is 7. The average Bonchev–Trinajstić information content (AvgIpc) is 3.57. The van der Waals surface area contributed by atoms with Gasteiger partial charge < -0.3 is 19.1 Å². The van der Waals surface area contributed by atoms with Gasteiger partial charge in [0.1, 0.15) is 16.9 Å². The number of amides is 1. The average molecular weight is 694 g/mol. The van der Waals surface area contributed by atoms with E-state index in [1.54, 1.807) is 37.3 Å². The van der Waals surface area contributed by atoms with E-state index in [0.717, 1.165) is 17.0 Å². The van der Waals surface area contributed by atoms with Crippen LogP contribution in [-0.4, -0.2) is 57.9 Å². The van der Waals surface area contributed by atoms with Crippen LogP contribution >= 0.6 is 12.2 Å². The van der Waals surface area contributed by atoms with Crippen LogP contribution in [0.25, 0.3) is 10.9 Å². The van der Waals surface area contributed by atoms with Crippen molar-refractivity contribution in [2.75, 3.05) is 23.0 Å². The lowest BCUT2D eigenvalue weighted by atomic mass is 10.0. The summed E-state index contributed by atoms with van der Waals surface area (Å²) in [6.45, 7) is 4.85. The molecule has 3 aromatic carbocycles. The summed E-state index contributed by atoms with van der Waals surface area (Å²) in [5.74, 6) is -1.83. The standard InChI is InChI=1S/C34H27F4N5O5S/c1-4-27-40-28-22(29(41-27)47-25-16-46-17-26(25)48-30(44)18-8-6-5-7-9-18)12-21(14-24(28)35)43-32(49)42(31(45)33(43,2)3)20-11-10-19(15-39)23(13-20)34(36,37)38/h5-14,25-26H,4,16-17H2,1-3H3. The fourth-order valence-electron chi connectivity index (χ4n) is 5.69. The Bertz CT molecular complexity index is 2040. The smallest absolute Gasteiger partial charge is 0.417 e. The molecule has 0 radical (unpaired) electrons. The summed E-state index contributed by atoms with van der Waals surface area (Å²) >= 11 is 5.63. The van der Waals surface area contributed by atoms with Gasteiger partial charge in [0, 0.05) is 12.1 Å². The molecule has 2 unspecified atom stereocenters. The Morgan fingerprint density at radius 3 is 2.47 bits per heavy atom. The summed E-state index contributed by atoms with van der Waals surface area (Å²) in [7, 11) is 0. The van der Waals surface area contributed by atoms with Gasteiger partial charge in [-0.25, -0.2) is 14.2 Å². The number of ether oxygens (including phenoxy) is 3. The Balaban J connectivity index is 1.38. The van der Waals surface area contributed by atoms with Crippen LogP contribution in [0.3, 0.4) is 0 Å². The second kappa shape index (κ2) is 12.7. The summed E-state index contributed by atoms with van der Waals surface area (Å²) < 4.78 is 74.8. The molecule has 0 spiro atoms. The second-order valence-corrected chi connectivity index (χ2v) is 12.1. The molecule has 0 N–H and O–H groups in total. The fraction of sp³-hybridized carbons (Fsp3) is 0.294. The van der Waals surface area contributed by atoms with Gasteiger partial charge in [-0.05, 0) is 68.5 Å². The number of benzene rings is 3. The number of fused-ring (bicyclic) bond motifs is 1. The highest BCUT2D eigenvalue weighted by molar-refractivity contribution is 7.81. The molecule has 2 aliphatic rings. The molecule has 0 aliphatic carbocycles. The maximum atomic E-state index is 15.9. The third kappa shape index (κ3) is 6.13. The van der Waals surface area contributed by atoms with Crippen LogP contribution in [0, 0.1) is 17.1 Å². The molecule has 15 heteroatoms. The van der Waals surface area contributed by atoms with Gasteiger partial charge in [0.25, 0.3) is 5.91 Å². The van der Waals surface area contributed by atoms with Gasteiger partial charge in [-0.3, -0.25) is 9.69 Å². The first-order chi connectivity index (χ1) is 23.2. The highest BCUT2D eigenvalue weighted by atomic mass is 32.1. The van der Waals surface area contributed by atoms with E-state index in [1.807, 2.05) is 0 Å². The quantitative estimate of drug-likeness (QED) is 0.127. The second-order valence-electron chi connectivity index (χ2n) is 11.8. The maximum Gasteiger partial charge on any atom is 0.417 e. The normalized spacial score (nSPS) is 19.0. The van der Waals surface area contributed by atoms with Crippen LogP contribution in [0.2, 0.25) is 0 Å². The molecule has 3 heterocycles. The number of alkyl halides is 3. The minimum Gasteiger partial charge on any atom is -0.467 e. The number of carbonyl (C=O) groups excluding carboxylic acids is 2. The molecule has 2 fully saturated rings. The van der Waals surface area contributed by atoms with Crippen LogP contribution in [-0.2, 0) is 26.9 Å². The monoisotopic (exact) mass is 693 g/mol. The summed E-state index contributed by atoms with van der Waals surface area (Å²) in [5, 5.41) is 9.11. The van der Waals surface area contributed by atoms with Gasteiger partial charge in [-0.15, -0.1) is 0 Å². The molecule has 0 saturated carbocycles. The molecule has 49 heavy (non-hydrogen) atoms. The van der Waals surface area contributed by atoms with Crippen molar-refractivity contribution in [1.82, 2.24) is 9.97 Å². The minimum atomic E-state index is -4.88. The van der Waals surface area contributed by atoms with Crippen molar-refractivity contribution in [3.05, 3.63) is 89.0 Å². The molecule has 2 atom stereocenters. The van der Waals surface area contributed by atoms with Crippen molar-refractivity contribution in [3.8, 4) is 11.9 Å². The summed E-state index contributed by atoms with van der Waals surface area (Å²) in [6, 6.07) is 15.3. The number of hydrogen-bond donors (Lipinski definition) is 0. The van der Waals surface area contributed by atoms with Crippen LogP contribution in [0.1, 0.15) is 48.1 Å². The van der Waals surface area contributed by atoms with Crippen molar-refractivity contribution >= 4 is 51.5 Å². The van der Waals surface area contributed by atoms with Crippen molar-refractivity contribution in [2.45, 2.75) is 51.1 Å². The lowest BCUT2D eigenvalue weighted by Crippen LogP contribution is -2.44. The number of halogens is 4. The van der Waals surface area contributed by atoms with Gasteiger partial charge in [0.05, 0.1) is 47.0 Å². The van der Waals surface area contributed by atoms with Crippen LogP contribution in [0.5, 0.6) is 5.88 Å². The number of nitrogens with zero attached hydrogens (tertiary/aromatic N) is 5. The number of hydrogen-bond acceptors (Lipinski definition) is 9. The minimum absolute atomic E-state index is 0.0353. The van der Waals surface area contributed by atoms with Crippen molar-refractivity contribution in [1.29, 1.82) is 5.26 Å². The van der Waals surface area contributed by atoms with Gasteiger partial charge in [0.2, 0.25) is 5.88 Å². The number of thiocarbonyl (C=S) groups is 1.